The van der Waals surface area contributed by atoms with Crippen LogP contribution in [0.4, 0.5) is 11.4 Å². The van der Waals surface area contributed by atoms with E-state index in [0.717, 1.165) is 11.6 Å². The van der Waals surface area contributed by atoms with Crippen molar-refractivity contribution in [1.29, 1.82) is 0 Å². The minimum atomic E-state index is -3.80. The highest BCUT2D eigenvalue weighted by Gasteiger charge is 2.25. The lowest BCUT2D eigenvalue weighted by Gasteiger charge is -2.22. The SMILES string of the molecule is CCN(CC)S(=O)(=O)c1ccc(N/N=C(/C)c2ccc(C3CCCCC3)cc2)c([N+](=O)[O-])c1. The third-order valence-corrected chi connectivity index (χ3v) is 8.30. The molecule has 178 valence electrons. The molecular formula is C24H32N4O4S. The van der Waals surface area contributed by atoms with Gasteiger partial charge in [0, 0.05) is 19.2 Å². The molecule has 1 N–H and O–H groups in total. The average Bonchev–Trinajstić information content (AvgIpc) is 2.83. The lowest BCUT2D eigenvalue weighted by Crippen LogP contribution is -2.30. The number of hydrazone groups is 1. The van der Waals surface area contributed by atoms with Crippen molar-refractivity contribution in [3.05, 3.63) is 63.7 Å². The minimum Gasteiger partial charge on any atom is -0.271 e. The molecule has 1 fully saturated rings. The normalized spacial score (nSPS) is 15.6. The second kappa shape index (κ2) is 10.9. The zero-order valence-electron chi connectivity index (χ0n) is 19.5. The van der Waals surface area contributed by atoms with Crippen LogP contribution in [0.5, 0.6) is 0 Å². The lowest BCUT2D eigenvalue weighted by atomic mass is 9.84. The highest BCUT2D eigenvalue weighted by Crippen LogP contribution is 2.33. The Morgan fingerprint density at radius 2 is 1.73 bits per heavy atom. The van der Waals surface area contributed by atoms with Gasteiger partial charge in [-0.15, -0.1) is 0 Å². The van der Waals surface area contributed by atoms with Crippen molar-refractivity contribution in [3.8, 4) is 0 Å². The predicted octanol–water partition coefficient (Wildman–Crippen LogP) is 5.51. The summed E-state index contributed by atoms with van der Waals surface area (Å²) in [5, 5.41) is 15.9. The van der Waals surface area contributed by atoms with Crippen LogP contribution in [0.1, 0.15) is 69.9 Å². The fraction of sp³-hybridized carbons (Fsp3) is 0.458. The molecule has 0 heterocycles. The molecule has 0 bridgehead atoms. The molecule has 9 heteroatoms. The van der Waals surface area contributed by atoms with E-state index >= 15 is 0 Å². The largest absolute Gasteiger partial charge is 0.295 e. The number of nitrogens with zero attached hydrogens (tertiary/aromatic N) is 3. The van der Waals surface area contributed by atoms with Gasteiger partial charge in [0.25, 0.3) is 5.69 Å². The van der Waals surface area contributed by atoms with Gasteiger partial charge in [-0.05, 0) is 48.9 Å². The third-order valence-electron chi connectivity index (χ3n) is 6.26. The minimum absolute atomic E-state index is 0.109. The molecule has 1 aliphatic carbocycles. The van der Waals surface area contributed by atoms with Crippen molar-refractivity contribution in [1.82, 2.24) is 4.31 Å². The zero-order chi connectivity index (χ0) is 24.0. The number of nitro groups is 1. The Labute approximate surface area is 195 Å². The Kier molecular flexibility index (Phi) is 8.20. The van der Waals surface area contributed by atoms with Crippen LogP contribution in [-0.4, -0.2) is 36.4 Å². The summed E-state index contributed by atoms with van der Waals surface area (Å²) in [4.78, 5) is 10.9. The van der Waals surface area contributed by atoms with Crippen LogP contribution in [0.3, 0.4) is 0 Å². The number of hydrogen-bond acceptors (Lipinski definition) is 6. The van der Waals surface area contributed by atoms with E-state index in [2.05, 4.69) is 22.7 Å². The molecule has 0 amide bonds. The topological polar surface area (TPSA) is 105 Å². The van der Waals surface area contributed by atoms with Crippen LogP contribution >= 0.6 is 0 Å². The van der Waals surface area contributed by atoms with E-state index in [1.54, 1.807) is 13.8 Å². The Morgan fingerprint density at radius 3 is 2.30 bits per heavy atom. The first kappa shape index (κ1) is 24.9. The summed E-state index contributed by atoms with van der Waals surface area (Å²) < 4.78 is 26.7. The molecule has 1 saturated carbocycles. The quantitative estimate of drug-likeness (QED) is 0.294. The van der Waals surface area contributed by atoms with Crippen molar-refractivity contribution in [2.24, 2.45) is 5.10 Å². The van der Waals surface area contributed by atoms with E-state index in [9.17, 15) is 18.5 Å². The van der Waals surface area contributed by atoms with Gasteiger partial charge < -0.3 is 0 Å². The molecule has 0 spiro atoms. The lowest BCUT2D eigenvalue weighted by molar-refractivity contribution is -0.384. The molecule has 8 nitrogen and oxygen atoms in total. The summed E-state index contributed by atoms with van der Waals surface area (Å²) in [6, 6.07) is 12.2. The number of rotatable bonds is 9. The first-order chi connectivity index (χ1) is 15.8. The Morgan fingerprint density at radius 1 is 1.09 bits per heavy atom. The van der Waals surface area contributed by atoms with Gasteiger partial charge in [0.2, 0.25) is 10.0 Å². The van der Waals surface area contributed by atoms with E-state index in [0.29, 0.717) is 11.6 Å². The van der Waals surface area contributed by atoms with Crippen molar-refractivity contribution < 1.29 is 13.3 Å². The van der Waals surface area contributed by atoms with E-state index in [4.69, 9.17) is 0 Å². The van der Waals surface area contributed by atoms with Crippen LogP contribution in [0.15, 0.2) is 52.5 Å². The van der Waals surface area contributed by atoms with Crippen LogP contribution in [0, 0.1) is 10.1 Å². The van der Waals surface area contributed by atoms with E-state index in [1.807, 2.05) is 19.1 Å². The summed E-state index contributed by atoms with van der Waals surface area (Å²) in [6.45, 7) is 5.86. The first-order valence-corrected chi connectivity index (χ1v) is 12.9. The molecular weight excluding hydrogens is 440 g/mol. The standard InChI is InChI=1S/C24H32N4O4S/c1-4-27(5-2)33(31,32)22-15-16-23(24(17-22)28(29)30)26-25-18(3)19-11-13-21(14-12-19)20-9-7-6-8-10-20/h11-17,20,26H,4-10H2,1-3H3/b25-18-. The zero-order valence-corrected chi connectivity index (χ0v) is 20.3. The van der Waals surface area contributed by atoms with Gasteiger partial charge in [-0.2, -0.15) is 9.41 Å². The Hall–Kier alpha value is -2.78. The second-order valence-corrected chi connectivity index (χ2v) is 10.2. The summed E-state index contributed by atoms with van der Waals surface area (Å²) >= 11 is 0. The molecule has 0 saturated heterocycles. The van der Waals surface area contributed by atoms with Crippen LogP contribution < -0.4 is 5.43 Å². The number of benzene rings is 2. The predicted molar refractivity (Wildman–Crippen MR) is 131 cm³/mol. The smallest absolute Gasteiger partial charge is 0.271 e. The number of nitrogens with one attached hydrogen (secondary N) is 1. The number of hydrogen-bond donors (Lipinski definition) is 1. The number of anilines is 1. The molecule has 0 radical (unpaired) electrons. The van der Waals surface area contributed by atoms with Crippen molar-refractivity contribution in [2.75, 3.05) is 18.5 Å². The highest BCUT2D eigenvalue weighted by molar-refractivity contribution is 7.89. The maximum Gasteiger partial charge on any atom is 0.295 e. The maximum atomic E-state index is 12.7. The molecule has 33 heavy (non-hydrogen) atoms. The summed E-state index contributed by atoms with van der Waals surface area (Å²) in [5.74, 6) is 0.622. The van der Waals surface area contributed by atoms with Crippen molar-refractivity contribution in [3.63, 3.8) is 0 Å². The molecule has 0 aliphatic heterocycles. The van der Waals surface area contributed by atoms with Crippen molar-refractivity contribution in [2.45, 2.75) is 63.7 Å². The average molecular weight is 473 g/mol. The molecule has 2 aromatic carbocycles. The van der Waals surface area contributed by atoms with Gasteiger partial charge in [0.05, 0.1) is 15.5 Å². The monoisotopic (exact) mass is 472 g/mol. The number of sulfonamides is 1. The van der Waals surface area contributed by atoms with Gasteiger partial charge in [-0.1, -0.05) is 57.4 Å². The first-order valence-electron chi connectivity index (χ1n) is 11.5. The highest BCUT2D eigenvalue weighted by atomic mass is 32.2. The fourth-order valence-electron chi connectivity index (χ4n) is 4.27. The Balaban J connectivity index is 1.80. The third kappa shape index (κ3) is 5.78. The van der Waals surface area contributed by atoms with Gasteiger partial charge >= 0.3 is 0 Å². The maximum absolute atomic E-state index is 12.7. The molecule has 2 aromatic rings. The fourth-order valence-corrected chi connectivity index (χ4v) is 5.75. The molecule has 3 rings (SSSR count). The summed E-state index contributed by atoms with van der Waals surface area (Å²) in [7, 11) is -3.80. The van der Waals surface area contributed by atoms with E-state index in [1.165, 1.54) is 54.1 Å². The molecule has 0 unspecified atom stereocenters. The summed E-state index contributed by atoms with van der Waals surface area (Å²) in [6.07, 6.45) is 6.35. The van der Waals surface area contributed by atoms with E-state index in [-0.39, 0.29) is 29.4 Å². The van der Waals surface area contributed by atoms with E-state index < -0.39 is 14.9 Å². The van der Waals surface area contributed by atoms with Gasteiger partial charge in [-0.3, -0.25) is 15.5 Å². The van der Waals surface area contributed by atoms with Gasteiger partial charge in [0.15, 0.2) is 0 Å². The van der Waals surface area contributed by atoms with Crippen molar-refractivity contribution >= 4 is 27.1 Å². The second-order valence-electron chi connectivity index (χ2n) is 8.29. The van der Waals surface area contributed by atoms with Crippen LogP contribution in [0.2, 0.25) is 0 Å². The molecule has 0 aromatic heterocycles. The molecule has 0 atom stereocenters. The summed E-state index contributed by atoms with van der Waals surface area (Å²) in [5.41, 5.74) is 5.49. The Bertz CT molecular complexity index is 1100. The van der Waals surface area contributed by atoms with Gasteiger partial charge in [0.1, 0.15) is 5.69 Å². The van der Waals surface area contributed by atoms with Crippen LogP contribution in [-0.2, 0) is 10.0 Å². The van der Waals surface area contributed by atoms with Gasteiger partial charge in [-0.25, -0.2) is 8.42 Å². The van der Waals surface area contributed by atoms with Crippen LogP contribution in [0.25, 0.3) is 0 Å². The molecule has 1 aliphatic rings. The number of nitro benzene ring substituents is 1.